The van der Waals surface area contributed by atoms with Gasteiger partial charge >= 0.3 is 0 Å². The average Bonchev–Trinajstić information content (AvgIpc) is 3.25. The van der Waals surface area contributed by atoms with E-state index in [1.807, 2.05) is 16.3 Å². The highest BCUT2D eigenvalue weighted by molar-refractivity contribution is 9.10. The van der Waals surface area contributed by atoms with Crippen molar-refractivity contribution in [1.29, 1.82) is 0 Å². The summed E-state index contributed by atoms with van der Waals surface area (Å²) in [5, 5.41) is 2.02. The predicted molar refractivity (Wildman–Crippen MR) is 102 cm³/mol. The number of thiophene rings is 1. The minimum atomic E-state index is -3.61. The Labute approximate surface area is 160 Å². The van der Waals surface area contributed by atoms with Crippen LogP contribution in [0, 0.1) is 0 Å². The van der Waals surface area contributed by atoms with Crippen LogP contribution in [-0.4, -0.2) is 32.3 Å². The van der Waals surface area contributed by atoms with Crippen molar-refractivity contribution in [3.05, 3.63) is 51.1 Å². The molecule has 8 heteroatoms. The molecule has 1 atom stereocenters. The summed E-state index contributed by atoms with van der Waals surface area (Å²) >= 11 is 4.92. The summed E-state index contributed by atoms with van der Waals surface area (Å²) < 4.78 is 27.8. The van der Waals surface area contributed by atoms with Gasteiger partial charge in [-0.2, -0.15) is 0 Å². The molecule has 25 heavy (non-hydrogen) atoms. The monoisotopic (exact) mass is 442 g/mol. The van der Waals surface area contributed by atoms with Gasteiger partial charge in [0.05, 0.1) is 10.9 Å². The average molecular weight is 443 g/mol. The van der Waals surface area contributed by atoms with E-state index in [1.165, 1.54) is 17.0 Å². The molecule has 2 heterocycles. The van der Waals surface area contributed by atoms with E-state index in [4.69, 9.17) is 0 Å². The quantitative estimate of drug-likeness (QED) is 0.743. The lowest BCUT2D eigenvalue weighted by molar-refractivity contribution is -0.131. The first kappa shape index (κ1) is 18.6. The third-order valence-corrected chi connectivity index (χ3v) is 7.11. The molecule has 0 spiro atoms. The van der Waals surface area contributed by atoms with Crippen molar-refractivity contribution in [2.45, 2.75) is 30.2 Å². The van der Waals surface area contributed by atoms with Crippen LogP contribution >= 0.6 is 27.3 Å². The Balaban J connectivity index is 1.57. The number of rotatable bonds is 6. The normalized spacial score (nSPS) is 17.8. The first-order valence-corrected chi connectivity index (χ1v) is 11.2. The van der Waals surface area contributed by atoms with Crippen LogP contribution in [0.2, 0.25) is 0 Å². The van der Waals surface area contributed by atoms with E-state index < -0.39 is 10.0 Å². The van der Waals surface area contributed by atoms with Gasteiger partial charge in [0.25, 0.3) is 0 Å². The number of hydrogen-bond acceptors (Lipinski definition) is 4. The van der Waals surface area contributed by atoms with E-state index in [2.05, 4.69) is 26.7 Å². The van der Waals surface area contributed by atoms with Crippen LogP contribution in [-0.2, 0) is 14.8 Å². The van der Waals surface area contributed by atoms with Gasteiger partial charge in [-0.1, -0.05) is 28.1 Å². The molecule has 1 aromatic carbocycles. The molecule has 1 aromatic heterocycles. The largest absolute Gasteiger partial charge is 0.335 e. The molecule has 1 aliphatic heterocycles. The predicted octanol–water partition coefficient (Wildman–Crippen LogP) is 3.54. The molecule has 1 N–H and O–H groups in total. The summed E-state index contributed by atoms with van der Waals surface area (Å²) in [6.07, 6.45) is 2.11. The maximum atomic E-state index is 12.5. The number of sulfonamides is 1. The molecule has 1 fully saturated rings. The standard InChI is InChI=1S/C17H19BrN2O3S2/c18-13-4-1-5-14(12-13)25(22,23)19-9-8-17(21)20-10-2-6-15(20)16-7-3-11-24-16/h1,3-5,7,11-12,15,19H,2,6,8-10H2. The van der Waals surface area contributed by atoms with Gasteiger partial charge in [-0.25, -0.2) is 13.1 Å². The number of nitrogens with one attached hydrogen (secondary N) is 1. The number of carbonyl (C=O) groups is 1. The van der Waals surface area contributed by atoms with E-state index in [-0.39, 0.29) is 29.8 Å². The van der Waals surface area contributed by atoms with Gasteiger partial charge in [0, 0.05) is 28.9 Å². The zero-order valence-electron chi connectivity index (χ0n) is 13.5. The van der Waals surface area contributed by atoms with Crippen molar-refractivity contribution in [1.82, 2.24) is 9.62 Å². The second-order valence-corrected chi connectivity index (χ2v) is 9.53. The van der Waals surface area contributed by atoms with Crippen LogP contribution in [0.1, 0.15) is 30.2 Å². The van der Waals surface area contributed by atoms with E-state index in [0.717, 1.165) is 19.4 Å². The molecule has 1 unspecified atom stereocenters. The summed E-state index contributed by atoms with van der Waals surface area (Å²) in [5.74, 6) is -0.00663. The molecule has 0 saturated carbocycles. The van der Waals surface area contributed by atoms with Crippen LogP contribution in [0.5, 0.6) is 0 Å². The van der Waals surface area contributed by atoms with Crippen LogP contribution in [0.4, 0.5) is 0 Å². The van der Waals surface area contributed by atoms with E-state index in [0.29, 0.717) is 4.47 Å². The highest BCUT2D eigenvalue weighted by Crippen LogP contribution is 2.34. The van der Waals surface area contributed by atoms with Crippen molar-refractivity contribution in [3.8, 4) is 0 Å². The second-order valence-electron chi connectivity index (χ2n) is 5.87. The molecule has 134 valence electrons. The van der Waals surface area contributed by atoms with Gasteiger partial charge in [-0.3, -0.25) is 4.79 Å². The van der Waals surface area contributed by atoms with Crippen molar-refractivity contribution in [3.63, 3.8) is 0 Å². The number of halogens is 1. The minimum Gasteiger partial charge on any atom is -0.335 e. The van der Waals surface area contributed by atoms with Crippen LogP contribution in [0.25, 0.3) is 0 Å². The van der Waals surface area contributed by atoms with Crippen molar-refractivity contribution in [2.24, 2.45) is 0 Å². The third kappa shape index (κ3) is 4.49. The molecule has 1 amide bonds. The molecule has 1 aliphatic rings. The van der Waals surface area contributed by atoms with Gasteiger partial charge < -0.3 is 4.90 Å². The summed E-state index contributed by atoms with van der Waals surface area (Å²) in [6, 6.07) is 10.7. The number of nitrogens with zero attached hydrogens (tertiary/aromatic N) is 1. The number of benzene rings is 1. The first-order chi connectivity index (χ1) is 12.0. The van der Waals surface area contributed by atoms with Crippen LogP contribution in [0.15, 0.2) is 51.1 Å². The number of likely N-dealkylation sites (tertiary alicyclic amines) is 1. The summed E-state index contributed by atoms with van der Waals surface area (Å²) in [4.78, 5) is 15.8. The molecule has 3 rings (SSSR count). The Morgan fingerprint density at radius 3 is 2.88 bits per heavy atom. The lowest BCUT2D eigenvalue weighted by Crippen LogP contribution is -2.34. The van der Waals surface area contributed by atoms with Gasteiger partial charge in [-0.15, -0.1) is 11.3 Å². The lowest BCUT2D eigenvalue weighted by Gasteiger charge is -2.24. The van der Waals surface area contributed by atoms with Gasteiger partial charge in [0.15, 0.2) is 0 Å². The zero-order chi connectivity index (χ0) is 17.9. The highest BCUT2D eigenvalue weighted by Gasteiger charge is 2.30. The number of hydrogen-bond donors (Lipinski definition) is 1. The third-order valence-electron chi connectivity index (χ3n) is 4.18. The first-order valence-electron chi connectivity index (χ1n) is 8.05. The number of carbonyl (C=O) groups excluding carboxylic acids is 1. The smallest absolute Gasteiger partial charge is 0.240 e. The van der Waals surface area contributed by atoms with Crippen molar-refractivity contribution < 1.29 is 13.2 Å². The van der Waals surface area contributed by atoms with E-state index in [9.17, 15) is 13.2 Å². The summed E-state index contributed by atoms with van der Waals surface area (Å²) in [7, 11) is -3.61. The molecule has 2 aromatic rings. The second kappa shape index (κ2) is 7.99. The Morgan fingerprint density at radius 1 is 1.32 bits per heavy atom. The summed E-state index contributed by atoms with van der Waals surface area (Å²) in [5.41, 5.74) is 0. The molecule has 5 nitrogen and oxygen atoms in total. The fourth-order valence-electron chi connectivity index (χ4n) is 3.00. The molecular weight excluding hydrogens is 424 g/mol. The van der Waals surface area contributed by atoms with E-state index in [1.54, 1.807) is 23.5 Å². The fraction of sp³-hybridized carbons (Fsp3) is 0.353. The van der Waals surface area contributed by atoms with Crippen LogP contribution < -0.4 is 4.72 Å². The molecular formula is C17H19BrN2O3S2. The molecule has 1 saturated heterocycles. The lowest BCUT2D eigenvalue weighted by atomic mass is 10.2. The zero-order valence-corrected chi connectivity index (χ0v) is 16.7. The Hall–Kier alpha value is -1.22. The minimum absolute atomic E-state index is 0.00663. The maximum Gasteiger partial charge on any atom is 0.240 e. The van der Waals surface area contributed by atoms with Gasteiger partial charge in [0.1, 0.15) is 0 Å². The SMILES string of the molecule is O=C(CCNS(=O)(=O)c1cccc(Br)c1)N1CCCC1c1cccs1. The van der Waals surface area contributed by atoms with E-state index >= 15 is 0 Å². The highest BCUT2D eigenvalue weighted by atomic mass is 79.9. The maximum absolute atomic E-state index is 12.5. The Kier molecular flexibility index (Phi) is 5.93. The molecule has 0 bridgehead atoms. The number of amides is 1. The van der Waals surface area contributed by atoms with Crippen molar-refractivity contribution >= 4 is 43.2 Å². The summed E-state index contributed by atoms with van der Waals surface area (Å²) in [6.45, 7) is 0.834. The molecule has 0 radical (unpaired) electrons. The Morgan fingerprint density at radius 2 is 2.16 bits per heavy atom. The van der Waals surface area contributed by atoms with Crippen molar-refractivity contribution in [2.75, 3.05) is 13.1 Å². The fourth-order valence-corrected chi connectivity index (χ4v) is 5.50. The topological polar surface area (TPSA) is 66.5 Å². The van der Waals surface area contributed by atoms with Crippen LogP contribution in [0.3, 0.4) is 0 Å². The molecule has 0 aliphatic carbocycles. The van der Waals surface area contributed by atoms with Gasteiger partial charge in [0.2, 0.25) is 15.9 Å². The van der Waals surface area contributed by atoms with Gasteiger partial charge in [-0.05, 0) is 42.5 Å². The Bertz CT molecular complexity index is 837.